The van der Waals surface area contributed by atoms with Gasteiger partial charge in [0.25, 0.3) is 5.91 Å². The number of carbonyl (C=O) groups excluding carboxylic acids is 1. The Bertz CT molecular complexity index is 789. The fourth-order valence-corrected chi connectivity index (χ4v) is 3.10. The van der Waals surface area contributed by atoms with Gasteiger partial charge in [0.2, 0.25) is 0 Å². The molecular formula is C18H19N3O3. The minimum Gasteiger partial charge on any atom is -0.478 e. The van der Waals surface area contributed by atoms with Crippen LogP contribution < -0.4 is 5.32 Å². The highest BCUT2D eigenvalue weighted by Crippen LogP contribution is 2.29. The monoisotopic (exact) mass is 325 g/mol. The van der Waals surface area contributed by atoms with Crippen LogP contribution >= 0.6 is 0 Å². The second kappa shape index (κ2) is 6.78. The van der Waals surface area contributed by atoms with Crippen LogP contribution in [0.5, 0.6) is 0 Å². The van der Waals surface area contributed by atoms with Gasteiger partial charge in [-0.3, -0.25) is 14.8 Å². The molecule has 3 rings (SSSR count). The lowest BCUT2D eigenvalue weighted by molar-refractivity contribution is 0.0696. The largest absolute Gasteiger partial charge is 0.478 e. The molecular weight excluding hydrogens is 306 g/mol. The van der Waals surface area contributed by atoms with Crippen molar-refractivity contribution < 1.29 is 14.7 Å². The first-order valence-corrected chi connectivity index (χ1v) is 7.98. The molecule has 0 aromatic carbocycles. The zero-order chi connectivity index (χ0) is 17.1. The summed E-state index contributed by atoms with van der Waals surface area (Å²) in [4.78, 5) is 31.9. The Morgan fingerprint density at radius 2 is 2.21 bits per heavy atom. The SMILES string of the molecule is Cc1ncc(C(=O)O)cc1C(=O)NCC1CCCc2cccnc21. The normalized spacial score (nSPS) is 16.3. The van der Waals surface area contributed by atoms with Crippen LogP contribution in [-0.4, -0.2) is 33.5 Å². The molecule has 6 heteroatoms. The van der Waals surface area contributed by atoms with E-state index in [1.165, 1.54) is 17.8 Å². The first-order chi connectivity index (χ1) is 11.6. The van der Waals surface area contributed by atoms with Crippen molar-refractivity contribution in [2.75, 3.05) is 6.54 Å². The van der Waals surface area contributed by atoms with E-state index < -0.39 is 5.97 Å². The smallest absolute Gasteiger partial charge is 0.337 e. The lowest BCUT2D eigenvalue weighted by atomic mass is 9.86. The molecule has 124 valence electrons. The van der Waals surface area contributed by atoms with Gasteiger partial charge in [0.15, 0.2) is 0 Å². The fourth-order valence-electron chi connectivity index (χ4n) is 3.10. The molecule has 1 amide bonds. The number of hydrogen-bond acceptors (Lipinski definition) is 4. The molecule has 2 heterocycles. The van der Waals surface area contributed by atoms with Gasteiger partial charge in [0.05, 0.1) is 16.8 Å². The standard InChI is InChI=1S/C18H19N3O3/c1-11-15(8-14(10-20-11)18(23)24)17(22)21-9-13-5-2-4-12-6-3-7-19-16(12)13/h3,6-8,10,13H,2,4-5,9H2,1H3,(H,21,22)(H,23,24). The molecule has 0 bridgehead atoms. The summed E-state index contributed by atoms with van der Waals surface area (Å²) in [5, 5.41) is 11.9. The number of carbonyl (C=O) groups is 2. The van der Waals surface area contributed by atoms with Gasteiger partial charge in [-0.05, 0) is 43.9 Å². The summed E-state index contributed by atoms with van der Waals surface area (Å²) in [6.07, 6.45) is 6.13. The van der Waals surface area contributed by atoms with Gasteiger partial charge in [0.1, 0.15) is 0 Å². The zero-order valence-electron chi connectivity index (χ0n) is 13.5. The number of pyridine rings is 2. The van der Waals surface area contributed by atoms with Crippen LogP contribution in [0.4, 0.5) is 0 Å². The minimum absolute atomic E-state index is 0.00966. The Balaban J connectivity index is 1.73. The van der Waals surface area contributed by atoms with Crippen molar-refractivity contribution in [3.8, 4) is 0 Å². The molecule has 0 saturated carbocycles. The molecule has 2 aromatic rings. The maximum absolute atomic E-state index is 12.4. The van der Waals surface area contributed by atoms with Crippen molar-refractivity contribution >= 4 is 11.9 Å². The predicted molar refractivity (Wildman–Crippen MR) is 88.2 cm³/mol. The summed E-state index contributed by atoms with van der Waals surface area (Å²) in [6, 6.07) is 5.39. The maximum atomic E-state index is 12.4. The first kappa shape index (κ1) is 16.1. The van der Waals surface area contributed by atoms with E-state index in [9.17, 15) is 9.59 Å². The number of aromatic nitrogens is 2. The van der Waals surface area contributed by atoms with E-state index in [-0.39, 0.29) is 17.4 Å². The molecule has 1 unspecified atom stereocenters. The summed E-state index contributed by atoms with van der Waals surface area (Å²) in [5.41, 5.74) is 3.12. The van der Waals surface area contributed by atoms with Crippen LogP contribution in [0.25, 0.3) is 0 Å². The summed E-state index contributed by atoms with van der Waals surface area (Å²) < 4.78 is 0. The molecule has 0 aliphatic heterocycles. The van der Waals surface area contributed by atoms with Crippen molar-refractivity contribution in [3.05, 3.63) is 58.7 Å². The quantitative estimate of drug-likeness (QED) is 0.900. The molecule has 24 heavy (non-hydrogen) atoms. The second-order valence-corrected chi connectivity index (χ2v) is 6.01. The number of nitrogens with zero attached hydrogens (tertiary/aromatic N) is 2. The number of carboxylic acid groups (broad SMARTS) is 1. The minimum atomic E-state index is -1.10. The first-order valence-electron chi connectivity index (χ1n) is 7.98. The molecule has 1 aliphatic rings. The molecule has 0 saturated heterocycles. The van der Waals surface area contributed by atoms with Crippen molar-refractivity contribution in [1.82, 2.24) is 15.3 Å². The van der Waals surface area contributed by atoms with E-state index in [4.69, 9.17) is 5.11 Å². The molecule has 0 fully saturated rings. The number of nitrogens with one attached hydrogen (secondary N) is 1. The molecule has 0 radical (unpaired) electrons. The van der Waals surface area contributed by atoms with Crippen LogP contribution in [0.2, 0.25) is 0 Å². The fraction of sp³-hybridized carbons (Fsp3) is 0.333. The van der Waals surface area contributed by atoms with Gasteiger partial charge in [-0.2, -0.15) is 0 Å². The number of aromatic carboxylic acids is 1. The van der Waals surface area contributed by atoms with Crippen LogP contribution in [-0.2, 0) is 6.42 Å². The van der Waals surface area contributed by atoms with Crippen LogP contribution in [0.15, 0.2) is 30.6 Å². The predicted octanol–water partition coefficient (Wildman–Crippen LogP) is 2.33. The molecule has 2 aromatic heterocycles. The number of fused-ring (bicyclic) bond motifs is 1. The Labute approximate surface area is 140 Å². The van der Waals surface area contributed by atoms with E-state index in [1.54, 1.807) is 13.1 Å². The van der Waals surface area contributed by atoms with Gasteiger partial charge in [-0.1, -0.05) is 6.07 Å². The number of carboxylic acids is 1. The van der Waals surface area contributed by atoms with Gasteiger partial charge in [-0.25, -0.2) is 4.79 Å². The topological polar surface area (TPSA) is 92.2 Å². The van der Waals surface area contributed by atoms with Crippen molar-refractivity contribution in [1.29, 1.82) is 0 Å². The van der Waals surface area contributed by atoms with Crippen LogP contribution in [0.1, 0.15) is 56.4 Å². The van der Waals surface area contributed by atoms with Crippen LogP contribution in [0.3, 0.4) is 0 Å². The Kier molecular flexibility index (Phi) is 4.55. The zero-order valence-corrected chi connectivity index (χ0v) is 13.5. The highest BCUT2D eigenvalue weighted by atomic mass is 16.4. The lowest BCUT2D eigenvalue weighted by Crippen LogP contribution is -2.31. The second-order valence-electron chi connectivity index (χ2n) is 6.01. The van der Waals surface area contributed by atoms with E-state index in [2.05, 4.69) is 21.4 Å². The third-order valence-electron chi connectivity index (χ3n) is 4.40. The van der Waals surface area contributed by atoms with Crippen molar-refractivity contribution in [2.45, 2.75) is 32.1 Å². The number of aryl methyl sites for hydroxylation is 2. The van der Waals surface area contributed by atoms with Crippen LogP contribution in [0, 0.1) is 6.92 Å². The lowest BCUT2D eigenvalue weighted by Gasteiger charge is -2.24. The van der Waals surface area contributed by atoms with E-state index in [0.717, 1.165) is 25.0 Å². The highest BCUT2D eigenvalue weighted by molar-refractivity contribution is 5.98. The average Bonchev–Trinajstić information content (AvgIpc) is 2.59. The molecule has 2 N–H and O–H groups in total. The van der Waals surface area contributed by atoms with Crippen molar-refractivity contribution in [3.63, 3.8) is 0 Å². The average molecular weight is 325 g/mol. The highest BCUT2D eigenvalue weighted by Gasteiger charge is 2.22. The van der Waals surface area contributed by atoms with E-state index in [0.29, 0.717) is 17.8 Å². The van der Waals surface area contributed by atoms with Crippen molar-refractivity contribution in [2.24, 2.45) is 0 Å². The molecule has 0 spiro atoms. The maximum Gasteiger partial charge on any atom is 0.337 e. The van der Waals surface area contributed by atoms with Gasteiger partial charge < -0.3 is 10.4 Å². The van der Waals surface area contributed by atoms with Gasteiger partial charge in [-0.15, -0.1) is 0 Å². The molecule has 1 aliphatic carbocycles. The van der Waals surface area contributed by atoms with E-state index >= 15 is 0 Å². The molecule has 6 nitrogen and oxygen atoms in total. The third-order valence-corrected chi connectivity index (χ3v) is 4.40. The molecule has 1 atom stereocenters. The van der Waals surface area contributed by atoms with E-state index in [1.807, 2.05) is 6.07 Å². The Hall–Kier alpha value is -2.76. The summed E-state index contributed by atoms with van der Waals surface area (Å²) in [6.45, 7) is 2.18. The third kappa shape index (κ3) is 3.27. The van der Waals surface area contributed by atoms with Gasteiger partial charge in [0, 0.05) is 30.6 Å². The Morgan fingerprint density at radius 3 is 3.00 bits per heavy atom. The summed E-state index contributed by atoms with van der Waals surface area (Å²) in [7, 11) is 0. The number of rotatable bonds is 4. The summed E-state index contributed by atoms with van der Waals surface area (Å²) in [5.74, 6) is -1.21. The Morgan fingerprint density at radius 1 is 1.38 bits per heavy atom. The number of hydrogen-bond donors (Lipinski definition) is 2. The number of amides is 1. The van der Waals surface area contributed by atoms with Gasteiger partial charge >= 0.3 is 5.97 Å². The summed E-state index contributed by atoms with van der Waals surface area (Å²) >= 11 is 0.